The van der Waals surface area contributed by atoms with E-state index in [1.165, 1.54) is 0 Å². The van der Waals surface area contributed by atoms with Crippen LogP contribution >= 0.6 is 0 Å². The van der Waals surface area contributed by atoms with Crippen LogP contribution in [0, 0.1) is 0 Å². The lowest BCUT2D eigenvalue weighted by atomic mass is 10.1. The van der Waals surface area contributed by atoms with Gasteiger partial charge in [-0.1, -0.05) is 30.3 Å². The quantitative estimate of drug-likeness (QED) is 0.716. The molecular weight excluding hydrogens is 308 g/mol. The van der Waals surface area contributed by atoms with E-state index in [1.54, 1.807) is 31.4 Å². The molecule has 1 atom stereocenters. The molecule has 2 aromatic rings. The highest BCUT2D eigenvalue weighted by Crippen LogP contribution is 2.15. The molecule has 0 fully saturated rings. The number of hydrogen-bond acceptors (Lipinski definition) is 4. The lowest BCUT2D eigenvalue weighted by Crippen LogP contribution is -2.46. The van der Waals surface area contributed by atoms with Crippen LogP contribution in [0.3, 0.4) is 0 Å². The van der Waals surface area contributed by atoms with Crippen molar-refractivity contribution in [1.82, 2.24) is 5.32 Å². The number of anilines is 1. The third-order valence-electron chi connectivity index (χ3n) is 3.40. The van der Waals surface area contributed by atoms with Gasteiger partial charge in [-0.3, -0.25) is 9.59 Å². The number of aliphatic hydroxyl groups is 1. The zero-order valence-electron chi connectivity index (χ0n) is 13.4. The van der Waals surface area contributed by atoms with Gasteiger partial charge in [-0.25, -0.2) is 0 Å². The summed E-state index contributed by atoms with van der Waals surface area (Å²) in [6, 6.07) is 14.9. The highest BCUT2D eigenvalue weighted by atomic mass is 16.5. The van der Waals surface area contributed by atoms with Crippen molar-refractivity contribution in [1.29, 1.82) is 0 Å². The van der Waals surface area contributed by atoms with Crippen molar-refractivity contribution in [2.75, 3.05) is 19.0 Å². The second-order valence-corrected chi connectivity index (χ2v) is 5.18. The van der Waals surface area contributed by atoms with E-state index in [9.17, 15) is 14.7 Å². The zero-order chi connectivity index (χ0) is 17.4. The van der Waals surface area contributed by atoms with Gasteiger partial charge in [0, 0.05) is 5.69 Å². The van der Waals surface area contributed by atoms with Gasteiger partial charge < -0.3 is 20.5 Å². The average Bonchev–Trinajstić information content (AvgIpc) is 2.61. The van der Waals surface area contributed by atoms with Gasteiger partial charge in [-0.15, -0.1) is 0 Å². The third-order valence-corrected chi connectivity index (χ3v) is 3.40. The largest absolute Gasteiger partial charge is 0.497 e. The van der Waals surface area contributed by atoms with Crippen LogP contribution in [-0.2, 0) is 16.0 Å². The molecule has 0 spiro atoms. The molecular formula is C18H20N2O4. The van der Waals surface area contributed by atoms with E-state index in [4.69, 9.17) is 4.74 Å². The van der Waals surface area contributed by atoms with Crippen LogP contribution in [-0.4, -0.2) is 36.7 Å². The molecule has 3 N–H and O–H groups in total. The summed E-state index contributed by atoms with van der Waals surface area (Å²) in [4.78, 5) is 24.2. The first-order valence-corrected chi connectivity index (χ1v) is 7.51. The fourth-order valence-electron chi connectivity index (χ4n) is 2.12. The van der Waals surface area contributed by atoms with E-state index in [-0.39, 0.29) is 12.3 Å². The number of aliphatic hydroxyl groups excluding tert-OH is 1. The van der Waals surface area contributed by atoms with Crippen LogP contribution < -0.4 is 15.4 Å². The molecule has 0 saturated heterocycles. The van der Waals surface area contributed by atoms with Crippen molar-refractivity contribution < 1.29 is 19.4 Å². The summed E-state index contributed by atoms with van der Waals surface area (Å²) in [5.74, 6) is -0.142. The van der Waals surface area contributed by atoms with Gasteiger partial charge in [0.2, 0.25) is 11.8 Å². The number of carbonyl (C=O) groups excluding carboxylic acids is 2. The molecule has 1 unspecified atom stereocenters. The Labute approximate surface area is 140 Å². The standard InChI is InChI=1S/C18H20N2O4/c1-24-15-9-7-14(8-10-15)19-18(23)16(12-21)20-17(22)11-13-5-3-2-4-6-13/h2-10,16,21H,11-12H2,1H3,(H,19,23)(H,20,22). The maximum atomic E-state index is 12.2. The van der Waals surface area contributed by atoms with Crippen molar-refractivity contribution >= 4 is 17.5 Å². The van der Waals surface area contributed by atoms with Gasteiger partial charge >= 0.3 is 0 Å². The molecule has 6 nitrogen and oxygen atoms in total. The molecule has 6 heteroatoms. The molecule has 0 aliphatic carbocycles. The highest BCUT2D eigenvalue weighted by molar-refractivity contribution is 5.97. The average molecular weight is 328 g/mol. The Morgan fingerprint density at radius 1 is 1.08 bits per heavy atom. The summed E-state index contributed by atoms with van der Waals surface area (Å²) in [5.41, 5.74) is 1.39. The predicted molar refractivity (Wildman–Crippen MR) is 90.8 cm³/mol. The Morgan fingerprint density at radius 2 is 1.75 bits per heavy atom. The van der Waals surface area contributed by atoms with Crippen molar-refractivity contribution in [3.8, 4) is 5.75 Å². The molecule has 0 radical (unpaired) electrons. The fourth-order valence-corrected chi connectivity index (χ4v) is 2.12. The number of benzene rings is 2. The van der Waals surface area contributed by atoms with Crippen LogP contribution in [0.4, 0.5) is 5.69 Å². The summed E-state index contributed by atoms with van der Waals surface area (Å²) >= 11 is 0. The maximum absolute atomic E-state index is 12.2. The lowest BCUT2D eigenvalue weighted by Gasteiger charge is -2.16. The second-order valence-electron chi connectivity index (χ2n) is 5.18. The number of nitrogens with one attached hydrogen (secondary N) is 2. The topological polar surface area (TPSA) is 87.7 Å². The van der Waals surface area contributed by atoms with E-state index in [1.807, 2.05) is 30.3 Å². The molecule has 0 saturated carbocycles. The van der Waals surface area contributed by atoms with Crippen LogP contribution in [0.2, 0.25) is 0 Å². The Balaban J connectivity index is 1.91. The van der Waals surface area contributed by atoms with Crippen LogP contribution in [0.15, 0.2) is 54.6 Å². The lowest BCUT2D eigenvalue weighted by molar-refractivity contribution is -0.126. The van der Waals surface area contributed by atoms with Gasteiger partial charge in [0.15, 0.2) is 0 Å². The van der Waals surface area contributed by atoms with Crippen LogP contribution in [0.1, 0.15) is 5.56 Å². The van der Waals surface area contributed by atoms with E-state index >= 15 is 0 Å². The van der Waals surface area contributed by atoms with Gasteiger partial charge in [0.05, 0.1) is 20.1 Å². The molecule has 0 aliphatic heterocycles. The summed E-state index contributed by atoms with van der Waals surface area (Å²) < 4.78 is 5.04. The smallest absolute Gasteiger partial charge is 0.249 e. The van der Waals surface area contributed by atoms with Crippen molar-refractivity contribution in [2.45, 2.75) is 12.5 Å². The number of rotatable bonds is 7. The van der Waals surface area contributed by atoms with Gasteiger partial charge in [0.25, 0.3) is 0 Å². The Hall–Kier alpha value is -2.86. The SMILES string of the molecule is COc1ccc(NC(=O)C(CO)NC(=O)Cc2ccccc2)cc1. The first kappa shape index (κ1) is 17.5. The van der Waals surface area contributed by atoms with E-state index in [0.717, 1.165) is 5.56 Å². The minimum atomic E-state index is -1.01. The van der Waals surface area contributed by atoms with E-state index in [0.29, 0.717) is 11.4 Å². The summed E-state index contributed by atoms with van der Waals surface area (Å²) in [7, 11) is 1.55. The van der Waals surface area contributed by atoms with Gasteiger partial charge in [-0.05, 0) is 29.8 Å². The molecule has 0 aromatic heterocycles. The molecule has 126 valence electrons. The fraction of sp³-hybridized carbons (Fsp3) is 0.222. The molecule has 2 aromatic carbocycles. The maximum Gasteiger partial charge on any atom is 0.249 e. The van der Waals surface area contributed by atoms with Gasteiger partial charge in [0.1, 0.15) is 11.8 Å². The number of amides is 2. The molecule has 24 heavy (non-hydrogen) atoms. The summed E-state index contributed by atoms with van der Waals surface area (Å²) in [5, 5.41) is 14.6. The van der Waals surface area contributed by atoms with E-state index < -0.39 is 18.6 Å². The number of hydrogen-bond donors (Lipinski definition) is 3. The van der Waals surface area contributed by atoms with Crippen LogP contribution in [0.25, 0.3) is 0 Å². The molecule has 0 heterocycles. The Kier molecular flexibility index (Phi) is 6.33. The zero-order valence-corrected chi connectivity index (χ0v) is 13.4. The summed E-state index contributed by atoms with van der Waals surface area (Å²) in [6.07, 6.45) is 0.146. The number of ether oxygens (including phenoxy) is 1. The molecule has 0 bridgehead atoms. The normalized spacial score (nSPS) is 11.4. The van der Waals surface area contributed by atoms with Crippen molar-refractivity contribution in [2.24, 2.45) is 0 Å². The van der Waals surface area contributed by atoms with Crippen molar-refractivity contribution in [3.63, 3.8) is 0 Å². The van der Waals surface area contributed by atoms with E-state index in [2.05, 4.69) is 10.6 Å². The molecule has 0 aliphatic rings. The second kappa shape index (κ2) is 8.69. The number of carbonyl (C=O) groups is 2. The first-order valence-electron chi connectivity index (χ1n) is 7.51. The highest BCUT2D eigenvalue weighted by Gasteiger charge is 2.20. The third kappa shape index (κ3) is 5.10. The summed E-state index contributed by atoms with van der Waals surface area (Å²) in [6.45, 7) is -0.484. The Bertz CT molecular complexity index is 671. The van der Waals surface area contributed by atoms with Gasteiger partial charge in [-0.2, -0.15) is 0 Å². The monoisotopic (exact) mass is 328 g/mol. The first-order chi connectivity index (χ1) is 11.6. The molecule has 2 amide bonds. The molecule has 2 rings (SSSR count). The minimum absolute atomic E-state index is 0.146. The Morgan fingerprint density at radius 3 is 2.33 bits per heavy atom. The van der Waals surface area contributed by atoms with Crippen LogP contribution in [0.5, 0.6) is 5.75 Å². The minimum Gasteiger partial charge on any atom is -0.497 e. The number of methoxy groups -OCH3 is 1. The van der Waals surface area contributed by atoms with Crippen molar-refractivity contribution in [3.05, 3.63) is 60.2 Å². The predicted octanol–water partition coefficient (Wildman–Crippen LogP) is 1.35.